The summed E-state index contributed by atoms with van der Waals surface area (Å²) in [6, 6.07) is 15.1. The molecular weight excluding hydrogens is 512 g/mol. The Morgan fingerprint density at radius 2 is 1.65 bits per heavy atom. The summed E-state index contributed by atoms with van der Waals surface area (Å²) in [6.07, 6.45) is 1.86. The van der Waals surface area contributed by atoms with E-state index in [1.54, 1.807) is 36.1 Å². The molecule has 3 amide bonds. The van der Waals surface area contributed by atoms with Gasteiger partial charge < -0.3 is 25.4 Å². The second-order valence-corrected chi connectivity index (χ2v) is 10.4. The molecule has 0 bridgehead atoms. The second-order valence-electron chi connectivity index (χ2n) is 10.4. The molecule has 2 fully saturated rings. The number of carbonyl (C=O) groups is 4. The Labute approximate surface area is 234 Å². The van der Waals surface area contributed by atoms with Crippen molar-refractivity contribution in [1.82, 2.24) is 20.9 Å². The Balaban J connectivity index is 1.40. The lowest BCUT2D eigenvalue weighted by Gasteiger charge is -2.35. The van der Waals surface area contributed by atoms with Gasteiger partial charge in [-0.1, -0.05) is 48.5 Å². The number of nitrogens with zero attached hydrogens (tertiary/aromatic N) is 1. The minimum absolute atomic E-state index is 0.192. The molecule has 2 aromatic rings. The van der Waals surface area contributed by atoms with Crippen LogP contribution < -0.4 is 16.0 Å². The quantitative estimate of drug-likeness (QED) is 0.289. The van der Waals surface area contributed by atoms with Gasteiger partial charge in [0, 0.05) is 13.0 Å². The lowest BCUT2D eigenvalue weighted by molar-refractivity contribution is -0.141. The van der Waals surface area contributed by atoms with Crippen LogP contribution in [0.2, 0.25) is 0 Å². The number of carbonyl (C=O) groups excluding carboxylic acids is 4. The number of hydrogen-bond donors (Lipinski definition) is 4. The van der Waals surface area contributed by atoms with Gasteiger partial charge in [-0.25, -0.2) is 4.79 Å². The van der Waals surface area contributed by atoms with E-state index in [4.69, 9.17) is 4.74 Å². The number of hydrogen-bond acceptors (Lipinski definition) is 7. The standard InChI is InChI=1S/C30H38N4O6/c1-20-26(35)33-24(19-21-11-4-2-5-12-21)29(38)34-17-10-16-25(34)28(37)32-23(27(36)31-20)15-8-9-18-40-30(39)22-13-6-3-7-14-22/h2-7,11-14,20,23-25,28,32,37H,8-10,15-19H2,1H3,(H,31,36)(H,33,35)/t20-,23+,24+,25-,28?/m1/s1. The number of ether oxygens (including phenoxy) is 1. The van der Waals surface area contributed by atoms with Gasteiger partial charge in [0.25, 0.3) is 0 Å². The predicted molar refractivity (Wildman–Crippen MR) is 148 cm³/mol. The van der Waals surface area contributed by atoms with Crippen molar-refractivity contribution in [3.8, 4) is 0 Å². The first kappa shape index (κ1) is 29.2. The second kappa shape index (κ2) is 14.0. The summed E-state index contributed by atoms with van der Waals surface area (Å²) < 4.78 is 5.32. The van der Waals surface area contributed by atoms with Crippen LogP contribution in [0.25, 0.3) is 0 Å². The molecule has 1 unspecified atom stereocenters. The van der Waals surface area contributed by atoms with E-state index >= 15 is 0 Å². The van der Waals surface area contributed by atoms with Gasteiger partial charge in [-0.2, -0.15) is 0 Å². The van der Waals surface area contributed by atoms with Crippen LogP contribution in [-0.4, -0.2) is 77.2 Å². The van der Waals surface area contributed by atoms with Crippen molar-refractivity contribution in [3.05, 3.63) is 71.8 Å². The van der Waals surface area contributed by atoms with Crippen molar-refractivity contribution in [1.29, 1.82) is 0 Å². The van der Waals surface area contributed by atoms with E-state index in [1.807, 2.05) is 36.4 Å². The molecule has 214 valence electrons. The average molecular weight is 551 g/mol. The van der Waals surface area contributed by atoms with Gasteiger partial charge in [-0.15, -0.1) is 0 Å². The highest BCUT2D eigenvalue weighted by Gasteiger charge is 2.40. The van der Waals surface area contributed by atoms with Crippen LogP contribution in [-0.2, 0) is 25.5 Å². The number of aliphatic hydroxyl groups is 1. The third kappa shape index (κ3) is 7.67. The maximum absolute atomic E-state index is 13.6. The molecule has 2 saturated heterocycles. The maximum atomic E-state index is 13.6. The van der Waals surface area contributed by atoms with Crippen LogP contribution in [0, 0.1) is 0 Å². The zero-order chi connectivity index (χ0) is 28.5. The third-order valence-corrected chi connectivity index (χ3v) is 7.41. The molecule has 0 spiro atoms. The SMILES string of the molecule is C[C@H]1NC(=O)[C@H](CCCCOC(=O)c2ccccc2)NC(O)[C@H]2CCCN2C(=O)[C@H](Cc2ccccc2)NC1=O. The van der Waals surface area contributed by atoms with Gasteiger partial charge in [0.1, 0.15) is 18.3 Å². The zero-order valence-corrected chi connectivity index (χ0v) is 22.8. The number of esters is 1. The smallest absolute Gasteiger partial charge is 0.338 e. The first-order chi connectivity index (χ1) is 19.3. The molecule has 40 heavy (non-hydrogen) atoms. The number of nitrogens with one attached hydrogen (secondary N) is 3. The molecule has 4 rings (SSSR count). The number of rotatable bonds is 8. The van der Waals surface area contributed by atoms with E-state index in [2.05, 4.69) is 16.0 Å². The first-order valence-electron chi connectivity index (χ1n) is 13.9. The van der Waals surface area contributed by atoms with E-state index in [0.29, 0.717) is 50.6 Å². The van der Waals surface area contributed by atoms with E-state index < -0.39 is 48.2 Å². The number of unbranched alkanes of at least 4 members (excludes halogenated alkanes) is 1. The van der Waals surface area contributed by atoms with Crippen molar-refractivity contribution < 1.29 is 29.0 Å². The maximum Gasteiger partial charge on any atom is 0.338 e. The Bertz CT molecular complexity index is 1160. The van der Waals surface area contributed by atoms with Crippen molar-refractivity contribution in [2.24, 2.45) is 0 Å². The van der Waals surface area contributed by atoms with E-state index in [1.165, 1.54) is 0 Å². The average Bonchev–Trinajstić information content (AvgIpc) is 3.46. The Morgan fingerprint density at radius 1 is 0.950 bits per heavy atom. The van der Waals surface area contributed by atoms with Gasteiger partial charge in [-0.05, 0) is 56.7 Å². The van der Waals surface area contributed by atoms with Crippen molar-refractivity contribution in [2.45, 2.75) is 75.8 Å². The molecule has 10 heteroatoms. The summed E-state index contributed by atoms with van der Waals surface area (Å²) in [4.78, 5) is 53.6. The molecule has 2 aliphatic heterocycles. The fraction of sp³-hybridized carbons (Fsp3) is 0.467. The number of aliphatic hydroxyl groups excluding tert-OH is 1. The van der Waals surface area contributed by atoms with E-state index in [-0.39, 0.29) is 12.5 Å². The topological polar surface area (TPSA) is 137 Å². The summed E-state index contributed by atoms with van der Waals surface area (Å²) in [6.45, 7) is 2.22. The fourth-order valence-corrected chi connectivity index (χ4v) is 5.20. The highest BCUT2D eigenvalue weighted by Crippen LogP contribution is 2.22. The van der Waals surface area contributed by atoms with Crippen LogP contribution in [0.5, 0.6) is 0 Å². The van der Waals surface area contributed by atoms with Crippen molar-refractivity contribution >= 4 is 23.7 Å². The Hall–Kier alpha value is -3.76. The van der Waals surface area contributed by atoms with Crippen LogP contribution in [0.15, 0.2) is 60.7 Å². The molecule has 2 aromatic carbocycles. The summed E-state index contributed by atoms with van der Waals surface area (Å²) in [5, 5.41) is 19.7. The van der Waals surface area contributed by atoms with Crippen LogP contribution in [0.1, 0.15) is 54.9 Å². The van der Waals surface area contributed by atoms with Gasteiger partial charge in [-0.3, -0.25) is 19.7 Å². The molecule has 2 heterocycles. The van der Waals surface area contributed by atoms with Crippen molar-refractivity contribution in [3.63, 3.8) is 0 Å². The van der Waals surface area contributed by atoms with Gasteiger partial charge >= 0.3 is 5.97 Å². The highest BCUT2D eigenvalue weighted by atomic mass is 16.5. The van der Waals surface area contributed by atoms with Crippen LogP contribution in [0.3, 0.4) is 0 Å². The summed E-state index contributed by atoms with van der Waals surface area (Å²) in [5.41, 5.74) is 1.37. The molecule has 10 nitrogen and oxygen atoms in total. The van der Waals surface area contributed by atoms with Crippen LogP contribution >= 0.6 is 0 Å². The van der Waals surface area contributed by atoms with Gasteiger partial charge in [0.15, 0.2) is 0 Å². The predicted octanol–water partition coefficient (Wildman–Crippen LogP) is 1.53. The summed E-state index contributed by atoms with van der Waals surface area (Å²) in [7, 11) is 0. The molecule has 0 aromatic heterocycles. The summed E-state index contributed by atoms with van der Waals surface area (Å²) in [5.74, 6) is -1.53. The highest BCUT2D eigenvalue weighted by molar-refractivity contribution is 5.93. The molecule has 2 aliphatic rings. The fourth-order valence-electron chi connectivity index (χ4n) is 5.20. The summed E-state index contributed by atoms with van der Waals surface area (Å²) >= 11 is 0. The lowest BCUT2D eigenvalue weighted by Crippen LogP contribution is -2.62. The third-order valence-electron chi connectivity index (χ3n) is 7.41. The van der Waals surface area contributed by atoms with Crippen molar-refractivity contribution in [2.75, 3.05) is 13.2 Å². The minimum atomic E-state index is -1.12. The van der Waals surface area contributed by atoms with Gasteiger partial charge in [0.05, 0.1) is 24.3 Å². The molecule has 0 radical (unpaired) electrons. The molecular formula is C30H38N4O6. The number of benzene rings is 2. The largest absolute Gasteiger partial charge is 0.462 e. The molecule has 5 atom stereocenters. The Morgan fingerprint density at radius 3 is 2.38 bits per heavy atom. The zero-order valence-electron chi connectivity index (χ0n) is 22.8. The molecule has 0 saturated carbocycles. The first-order valence-corrected chi connectivity index (χ1v) is 13.9. The minimum Gasteiger partial charge on any atom is -0.462 e. The lowest BCUT2D eigenvalue weighted by atomic mass is 10.0. The number of fused-ring (bicyclic) bond motifs is 1. The Kier molecular flexibility index (Phi) is 10.3. The normalized spacial score (nSPS) is 25.7. The van der Waals surface area contributed by atoms with Gasteiger partial charge in [0.2, 0.25) is 17.7 Å². The number of amides is 3. The van der Waals surface area contributed by atoms with E-state index in [9.17, 15) is 24.3 Å². The molecule has 4 N–H and O–H groups in total. The van der Waals surface area contributed by atoms with E-state index in [0.717, 1.165) is 5.56 Å². The molecule has 0 aliphatic carbocycles. The van der Waals surface area contributed by atoms with Crippen LogP contribution in [0.4, 0.5) is 0 Å². The monoisotopic (exact) mass is 550 g/mol.